The standard InChI is InChI=1S/C24H32N2O5S/c1-6-12-32(28,29)25-20-8-7-9-21(18(20)4)31-23-15-26(14-22(23)30-5)24(27)19-13-16(2)10-11-17(19)3/h7-11,13,22-23,25H,6,12,14-15H2,1-5H3. The molecule has 7 nitrogen and oxygen atoms in total. The van der Waals surface area contributed by atoms with Gasteiger partial charge in [-0.25, -0.2) is 8.42 Å². The molecule has 0 aliphatic carbocycles. The summed E-state index contributed by atoms with van der Waals surface area (Å²) in [5, 5.41) is 0. The third-order valence-electron chi connectivity index (χ3n) is 5.73. The van der Waals surface area contributed by atoms with E-state index in [9.17, 15) is 13.2 Å². The molecule has 8 heteroatoms. The van der Waals surface area contributed by atoms with Crippen molar-refractivity contribution in [2.75, 3.05) is 30.7 Å². The van der Waals surface area contributed by atoms with E-state index in [4.69, 9.17) is 9.47 Å². The van der Waals surface area contributed by atoms with Crippen LogP contribution in [-0.2, 0) is 14.8 Å². The number of likely N-dealkylation sites (tertiary alicyclic amines) is 1. The van der Waals surface area contributed by atoms with Crippen molar-refractivity contribution >= 4 is 21.6 Å². The minimum atomic E-state index is -3.41. The van der Waals surface area contributed by atoms with Gasteiger partial charge in [0.25, 0.3) is 5.91 Å². The Kier molecular flexibility index (Phi) is 7.46. The van der Waals surface area contributed by atoms with Crippen molar-refractivity contribution < 1.29 is 22.7 Å². The lowest BCUT2D eigenvalue weighted by Crippen LogP contribution is -2.32. The maximum atomic E-state index is 13.2. The van der Waals surface area contributed by atoms with E-state index in [2.05, 4.69) is 4.72 Å². The zero-order valence-corrected chi connectivity index (χ0v) is 20.2. The molecule has 0 radical (unpaired) electrons. The Morgan fingerprint density at radius 3 is 2.53 bits per heavy atom. The van der Waals surface area contributed by atoms with Crippen molar-refractivity contribution in [1.82, 2.24) is 4.90 Å². The lowest BCUT2D eigenvalue weighted by Gasteiger charge is -2.21. The molecule has 0 spiro atoms. The summed E-state index contributed by atoms with van der Waals surface area (Å²) in [5.74, 6) is 0.577. The summed E-state index contributed by atoms with van der Waals surface area (Å²) in [6.45, 7) is 8.34. The zero-order valence-electron chi connectivity index (χ0n) is 19.3. The van der Waals surface area contributed by atoms with Crippen LogP contribution in [0.4, 0.5) is 5.69 Å². The van der Waals surface area contributed by atoms with Crippen LogP contribution < -0.4 is 9.46 Å². The number of carbonyl (C=O) groups is 1. The smallest absolute Gasteiger partial charge is 0.254 e. The van der Waals surface area contributed by atoms with Crippen LogP contribution in [0.2, 0.25) is 0 Å². The number of hydrogen-bond acceptors (Lipinski definition) is 5. The summed E-state index contributed by atoms with van der Waals surface area (Å²) >= 11 is 0. The highest BCUT2D eigenvalue weighted by atomic mass is 32.2. The normalized spacial score (nSPS) is 18.6. The van der Waals surface area contributed by atoms with E-state index in [1.165, 1.54) is 0 Å². The molecule has 174 valence electrons. The zero-order chi connectivity index (χ0) is 23.5. The van der Waals surface area contributed by atoms with Crippen molar-refractivity contribution in [3.05, 3.63) is 58.7 Å². The SMILES string of the molecule is CCCS(=O)(=O)Nc1cccc(OC2CN(C(=O)c3cc(C)ccc3C)CC2OC)c1C. The van der Waals surface area contributed by atoms with Crippen LogP contribution in [0.5, 0.6) is 5.75 Å². The first-order valence-corrected chi connectivity index (χ1v) is 12.5. The minimum absolute atomic E-state index is 0.0443. The molecule has 0 aromatic heterocycles. The number of benzene rings is 2. The maximum absolute atomic E-state index is 13.2. The van der Waals surface area contributed by atoms with Gasteiger partial charge in [-0.1, -0.05) is 30.7 Å². The van der Waals surface area contributed by atoms with Gasteiger partial charge in [0.05, 0.1) is 24.5 Å². The molecule has 0 saturated carbocycles. The molecular weight excluding hydrogens is 428 g/mol. The van der Waals surface area contributed by atoms with E-state index in [-0.39, 0.29) is 23.9 Å². The number of nitrogens with zero attached hydrogens (tertiary/aromatic N) is 1. The molecule has 2 atom stereocenters. The molecule has 1 aliphatic rings. The molecule has 1 saturated heterocycles. The number of aryl methyl sites for hydroxylation is 2. The van der Waals surface area contributed by atoms with E-state index in [0.29, 0.717) is 42.1 Å². The Bertz CT molecular complexity index is 1080. The Hall–Kier alpha value is -2.58. The van der Waals surface area contributed by atoms with Gasteiger partial charge in [0.1, 0.15) is 18.0 Å². The first-order valence-electron chi connectivity index (χ1n) is 10.8. The van der Waals surface area contributed by atoms with Crippen LogP contribution in [0.3, 0.4) is 0 Å². The monoisotopic (exact) mass is 460 g/mol. The largest absolute Gasteiger partial charge is 0.485 e. The molecule has 2 unspecified atom stereocenters. The lowest BCUT2D eigenvalue weighted by atomic mass is 10.0. The summed E-state index contributed by atoms with van der Waals surface area (Å²) in [6.07, 6.45) is -0.119. The molecule has 0 bridgehead atoms. The second-order valence-corrected chi connectivity index (χ2v) is 10.2. The quantitative estimate of drug-likeness (QED) is 0.650. The maximum Gasteiger partial charge on any atom is 0.254 e. The van der Waals surface area contributed by atoms with E-state index in [1.54, 1.807) is 30.2 Å². The summed E-state index contributed by atoms with van der Waals surface area (Å²) in [4.78, 5) is 14.9. The number of methoxy groups -OCH3 is 1. The molecular formula is C24H32N2O5S. The van der Waals surface area contributed by atoms with E-state index in [0.717, 1.165) is 11.1 Å². The molecule has 1 N–H and O–H groups in total. The van der Waals surface area contributed by atoms with Crippen molar-refractivity contribution in [2.45, 2.75) is 46.3 Å². The number of anilines is 1. The van der Waals surface area contributed by atoms with E-state index in [1.807, 2.05) is 45.9 Å². The minimum Gasteiger partial charge on any atom is -0.485 e. The van der Waals surface area contributed by atoms with Gasteiger partial charge < -0.3 is 14.4 Å². The highest BCUT2D eigenvalue weighted by molar-refractivity contribution is 7.92. The number of amides is 1. The van der Waals surface area contributed by atoms with Crippen LogP contribution in [0.1, 0.15) is 40.4 Å². The summed E-state index contributed by atoms with van der Waals surface area (Å²) in [5.41, 5.74) is 3.84. The second-order valence-electron chi connectivity index (χ2n) is 8.31. The molecule has 1 fully saturated rings. The summed E-state index contributed by atoms with van der Waals surface area (Å²) in [7, 11) is -1.80. The fraction of sp³-hybridized carbons (Fsp3) is 0.458. The Morgan fingerprint density at radius 1 is 1.12 bits per heavy atom. The van der Waals surface area contributed by atoms with Gasteiger partial charge in [0.15, 0.2) is 0 Å². The highest BCUT2D eigenvalue weighted by Gasteiger charge is 2.38. The van der Waals surface area contributed by atoms with Gasteiger partial charge in [-0.05, 0) is 51.0 Å². The van der Waals surface area contributed by atoms with Gasteiger partial charge in [-0.15, -0.1) is 0 Å². The van der Waals surface area contributed by atoms with E-state index >= 15 is 0 Å². The highest BCUT2D eigenvalue weighted by Crippen LogP contribution is 2.30. The lowest BCUT2D eigenvalue weighted by molar-refractivity contribution is 0.0337. The van der Waals surface area contributed by atoms with Crippen LogP contribution in [0.25, 0.3) is 0 Å². The van der Waals surface area contributed by atoms with Crippen LogP contribution in [-0.4, -0.2) is 57.4 Å². The average Bonchev–Trinajstić information content (AvgIpc) is 3.15. The predicted molar refractivity (Wildman–Crippen MR) is 126 cm³/mol. The summed E-state index contributed by atoms with van der Waals surface area (Å²) in [6, 6.07) is 11.1. The molecule has 2 aromatic rings. The van der Waals surface area contributed by atoms with Crippen LogP contribution in [0.15, 0.2) is 36.4 Å². The van der Waals surface area contributed by atoms with E-state index < -0.39 is 10.0 Å². The van der Waals surface area contributed by atoms with Crippen molar-refractivity contribution in [3.63, 3.8) is 0 Å². The second kappa shape index (κ2) is 9.92. The van der Waals surface area contributed by atoms with Crippen molar-refractivity contribution in [3.8, 4) is 5.75 Å². The molecule has 1 amide bonds. The Balaban J connectivity index is 1.78. The summed E-state index contributed by atoms with van der Waals surface area (Å²) < 4.78 is 38.9. The fourth-order valence-corrected chi connectivity index (χ4v) is 5.08. The van der Waals surface area contributed by atoms with Crippen molar-refractivity contribution in [2.24, 2.45) is 0 Å². The van der Waals surface area contributed by atoms with Crippen LogP contribution in [0, 0.1) is 20.8 Å². The number of ether oxygens (including phenoxy) is 2. The van der Waals surface area contributed by atoms with Crippen LogP contribution >= 0.6 is 0 Å². The Labute approximate surface area is 190 Å². The molecule has 1 aliphatic heterocycles. The molecule has 3 rings (SSSR count). The average molecular weight is 461 g/mol. The van der Waals surface area contributed by atoms with Crippen molar-refractivity contribution in [1.29, 1.82) is 0 Å². The fourth-order valence-electron chi connectivity index (χ4n) is 3.89. The van der Waals surface area contributed by atoms with Gasteiger partial charge >= 0.3 is 0 Å². The number of sulfonamides is 1. The van der Waals surface area contributed by atoms with Gasteiger partial charge in [0, 0.05) is 18.2 Å². The number of rotatable bonds is 8. The number of nitrogens with one attached hydrogen (secondary N) is 1. The topological polar surface area (TPSA) is 84.9 Å². The van der Waals surface area contributed by atoms with Gasteiger partial charge in [-0.2, -0.15) is 0 Å². The third-order valence-corrected chi connectivity index (χ3v) is 7.21. The number of hydrogen-bond donors (Lipinski definition) is 1. The molecule has 1 heterocycles. The predicted octanol–water partition coefficient (Wildman–Crippen LogP) is 3.68. The number of carbonyl (C=O) groups excluding carboxylic acids is 1. The first-order chi connectivity index (χ1) is 15.1. The molecule has 2 aromatic carbocycles. The third kappa shape index (κ3) is 5.42. The molecule has 32 heavy (non-hydrogen) atoms. The van der Waals surface area contributed by atoms with Gasteiger partial charge in [-0.3, -0.25) is 9.52 Å². The Morgan fingerprint density at radius 2 is 1.84 bits per heavy atom. The van der Waals surface area contributed by atoms with Gasteiger partial charge in [0.2, 0.25) is 10.0 Å². The first kappa shape index (κ1) is 24.1.